The minimum absolute atomic E-state index is 0.0768. The van der Waals surface area contributed by atoms with Crippen molar-refractivity contribution in [1.29, 1.82) is 5.26 Å². The molecule has 0 spiro atoms. The van der Waals surface area contributed by atoms with Gasteiger partial charge in [-0.15, -0.1) is 0 Å². The van der Waals surface area contributed by atoms with Gasteiger partial charge in [0.15, 0.2) is 0 Å². The van der Waals surface area contributed by atoms with Crippen molar-refractivity contribution in [2.45, 2.75) is 19.4 Å². The minimum atomic E-state index is -0.0768. The van der Waals surface area contributed by atoms with Gasteiger partial charge in [-0.3, -0.25) is 4.79 Å². The molecule has 4 rings (SSSR count). The van der Waals surface area contributed by atoms with Gasteiger partial charge in [0.25, 0.3) is 0 Å². The third kappa shape index (κ3) is 5.44. The SMILES string of the molecule is N#CCc1ccc(OCc2ccccc2NC(=O)Cc2ccc(-n3cccc3)cc2)cc1. The van der Waals surface area contributed by atoms with Crippen LogP contribution in [0.3, 0.4) is 0 Å². The van der Waals surface area contributed by atoms with Crippen LogP contribution in [0.15, 0.2) is 97.3 Å². The molecule has 5 nitrogen and oxygen atoms in total. The largest absolute Gasteiger partial charge is 0.489 e. The van der Waals surface area contributed by atoms with E-state index in [1.165, 1.54) is 0 Å². The molecule has 0 fully saturated rings. The van der Waals surface area contributed by atoms with Crippen LogP contribution in [0.25, 0.3) is 5.69 Å². The van der Waals surface area contributed by atoms with E-state index in [0.29, 0.717) is 19.4 Å². The number of carbonyl (C=O) groups excluding carboxylic acids is 1. The number of hydrogen-bond acceptors (Lipinski definition) is 3. The first kappa shape index (κ1) is 21.0. The van der Waals surface area contributed by atoms with E-state index in [9.17, 15) is 4.79 Å². The van der Waals surface area contributed by atoms with E-state index in [1.54, 1.807) is 0 Å². The average Bonchev–Trinajstić information content (AvgIpc) is 3.35. The summed E-state index contributed by atoms with van der Waals surface area (Å²) in [6.07, 6.45) is 4.65. The van der Waals surface area contributed by atoms with Crippen LogP contribution >= 0.6 is 0 Å². The number of aromatic nitrogens is 1. The number of amides is 1. The van der Waals surface area contributed by atoms with E-state index in [-0.39, 0.29) is 5.91 Å². The molecule has 0 bridgehead atoms. The van der Waals surface area contributed by atoms with Crippen LogP contribution < -0.4 is 10.1 Å². The van der Waals surface area contributed by atoms with Crippen molar-refractivity contribution < 1.29 is 9.53 Å². The highest BCUT2D eigenvalue weighted by Gasteiger charge is 2.09. The number of hydrogen-bond donors (Lipinski definition) is 1. The van der Waals surface area contributed by atoms with E-state index in [2.05, 4.69) is 11.4 Å². The molecule has 1 N–H and O–H groups in total. The highest BCUT2D eigenvalue weighted by molar-refractivity contribution is 5.93. The number of anilines is 1. The number of nitrogens with one attached hydrogen (secondary N) is 1. The molecule has 5 heteroatoms. The first-order valence-corrected chi connectivity index (χ1v) is 10.4. The Morgan fingerprint density at radius 2 is 1.56 bits per heavy atom. The fourth-order valence-corrected chi connectivity index (χ4v) is 3.40. The van der Waals surface area contributed by atoms with Crippen LogP contribution in [0.5, 0.6) is 5.75 Å². The maximum absolute atomic E-state index is 12.6. The van der Waals surface area contributed by atoms with Crippen LogP contribution in [0.4, 0.5) is 5.69 Å². The van der Waals surface area contributed by atoms with Gasteiger partial charge in [0, 0.05) is 29.3 Å². The summed E-state index contributed by atoms with van der Waals surface area (Å²) in [5.74, 6) is 0.641. The summed E-state index contributed by atoms with van der Waals surface area (Å²) in [6, 6.07) is 29.1. The monoisotopic (exact) mass is 421 g/mol. The second-order valence-corrected chi connectivity index (χ2v) is 7.41. The van der Waals surface area contributed by atoms with E-state index >= 15 is 0 Å². The lowest BCUT2D eigenvalue weighted by molar-refractivity contribution is -0.115. The standard InChI is InChI=1S/C27H23N3O2/c28-16-15-21-9-13-25(14-10-21)32-20-23-5-1-2-6-26(23)29-27(31)19-22-7-11-24(12-8-22)30-17-3-4-18-30/h1-14,17-18H,15,19-20H2,(H,29,31). The van der Waals surface area contributed by atoms with E-state index in [1.807, 2.05) is 102 Å². The third-order valence-electron chi connectivity index (χ3n) is 5.10. The minimum Gasteiger partial charge on any atom is -0.489 e. The van der Waals surface area contributed by atoms with Crippen molar-refractivity contribution in [1.82, 2.24) is 4.57 Å². The number of rotatable bonds is 8. The molecule has 0 saturated heterocycles. The normalized spacial score (nSPS) is 10.3. The van der Waals surface area contributed by atoms with Crippen LogP contribution in [0.2, 0.25) is 0 Å². The Bertz CT molecular complexity index is 1210. The van der Waals surface area contributed by atoms with Gasteiger partial charge in [-0.25, -0.2) is 0 Å². The molecule has 0 saturated carbocycles. The van der Waals surface area contributed by atoms with Crippen molar-refractivity contribution in [3.63, 3.8) is 0 Å². The lowest BCUT2D eigenvalue weighted by Crippen LogP contribution is -2.16. The summed E-state index contributed by atoms with van der Waals surface area (Å²) >= 11 is 0. The van der Waals surface area contributed by atoms with Gasteiger partial charge in [0.1, 0.15) is 12.4 Å². The lowest BCUT2D eigenvalue weighted by Gasteiger charge is -2.13. The first-order chi connectivity index (χ1) is 15.7. The molecule has 0 radical (unpaired) electrons. The van der Waals surface area contributed by atoms with E-state index in [0.717, 1.165) is 33.8 Å². The van der Waals surface area contributed by atoms with Crippen molar-refractivity contribution in [2.75, 3.05) is 5.32 Å². The van der Waals surface area contributed by atoms with Crippen molar-refractivity contribution in [3.8, 4) is 17.5 Å². The maximum Gasteiger partial charge on any atom is 0.228 e. The van der Waals surface area contributed by atoms with Gasteiger partial charge in [0.05, 0.1) is 18.9 Å². The summed E-state index contributed by atoms with van der Waals surface area (Å²) in [7, 11) is 0. The number of benzene rings is 3. The Labute approximate surface area is 187 Å². The summed E-state index contributed by atoms with van der Waals surface area (Å²) in [4.78, 5) is 12.6. The van der Waals surface area contributed by atoms with Crippen LogP contribution in [0.1, 0.15) is 16.7 Å². The van der Waals surface area contributed by atoms with Crippen LogP contribution in [-0.2, 0) is 24.2 Å². The van der Waals surface area contributed by atoms with Crippen molar-refractivity contribution >= 4 is 11.6 Å². The zero-order valence-electron chi connectivity index (χ0n) is 17.6. The number of ether oxygens (including phenoxy) is 1. The first-order valence-electron chi connectivity index (χ1n) is 10.4. The molecular weight excluding hydrogens is 398 g/mol. The highest BCUT2D eigenvalue weighted by atomic mass is 16.5. The Balaban J connectivity index is 1.36. The Morgan fingerprint density at radius 3 is 2.28 bits per heavy atom. The molecule has 1 amide bonds. The molecular formula is C27H23N3O2. The Hall–Kier alpha value is -4.30. The van der Waals surface area contributed by atoms with Gasteiger partial charge in [-0.2, -0.15) is 5.26 Å². The maximum atomic E-state index is 12.6. The van der Waals surface area contributed by atoms with Gasteiger partial charge >= 0.3 is 0 Å². The summed E-state index contributed by atoms with van der Waals surface area (Å²) in [5, 5.41) is 11.8. The molecule has 1 heterocycles. The Morgan fingerprint density at radius 1 is 0.875 bits per heavy atom. The predicted octanol–water partition coefficient (Wildman–Crippen LogP) is 5.30. The molecule has 1 aromatic heterocycles. The molecule has 32 heavy (non-hydrogen) atoms. The topological polar surface area (TPSA) is 67.0 Å². The summed E-state index contributed by atoms with van der Waals surface area (Å²) < 4.78 is 7.90. The van der Waals surface area contributed by atoms with Gasteiger partial charge in [-0.1, -0.05) is 42.5 Å². The molecule has 0 aliphatic carbocycles. The quantitative estimate of drug-likeness (QED) is 0.420. The highest BCUT2D eigenvalue weighted by Crippen LogP contribution is 2.20. The molecule has 0 atom stereocenters. The van der Waals surface area contributed by atoms with Crippen LogP contribution in [-0.4, -0.2) is 10.5 Å². The van der Waals surface area contributed by atoms with Gasteiger partial charge < -0.3 is 14.6 Å². The zero-order valence-corrected chi connectivity index (χ0v) is 17.6. The molecule has 0 unspecified atom stereocenters. The second-order valence-electron chi connectivity index (χ2n) is 7.41. The van der Waals surface area contributed by atoms with Gasteiger partial charge in [0.2, 0.25) is 5.91 Å². The molecule has 4 aromatic rings. The molecule has 0 aliphatic heterocycles. The van der Waals surface area contributed by atoms with E-state index < -0.39 is 0 Å². The zero-order chi connectivity index (χ0) is 22.2. The summed E-state index contributed by atoms with van der Waals surface area (Å²) in [6.45, 7) is 0.333. The van der Waals surface area contributed by atoms with Gasteiger partial charge in [-0.05, 0) is 53.6 Å². The smallest absolute Gasteiger partial charge is 0.228 e. The van der Waals surface area contributed by atoms with Crippen molar-refractivity contribution in [2.24, 2.45) is 0 Å². The van der Waals surface area contributed by atoms with Crippen molar-refractivity contribution in [3.05, 3.63) is 114 Å². The number of para-hydroxylation sites is 1. The molecule has 0 aliphatic rings. The fraction of sp³-hybridized carbons (Fsp3) is 0.111. The molecule has 158 valence electrons. The average molecular weight is 422 g/mol. The third-order valence-corrected chi connectivity index (χ3v) is 5.10. The number of nitriles is 1. The second kappa shape index (κ2) is 10.1. The van der Waals surface area contributed by atoms with E-state index in [4.69, 9.17) is 10.00 Å². The Kier molecular flexibility index (Phi) is 6.64. The predicted molar refractivity (Wildman–Crippen MR) is 125 cm³/mol. The summed E-state index contributed by atoms with van der Waals surface area (Å²) in [5.41, 5.74) is 4.59. The van der Waals surface area contributed by atoms with Crippen LogP contribution in [0, 0.1) is 11.3 Å². The molecule has 3 aromatic carbocycles. The number of nitrogens with zero attached hydrogens (tertiary/aromatic N) is 2. The number of carbonyl (C=O) groups is 1. The lowest BCUT2D eigenvalue weighted by atomic mass is 10.1. The fourth-order valence-electron chi connectivity index (χ4n) is 3.40.